The van der Waals surface area contributed by atoms with Crippen LogP contribution in [-0.4, -0.2) is 25.3 Å². The molecule has 1 unspecified atom stereocenters. The molecule has 0 amide bonds. The summed E-state index contributed by atoms with van der Waals surface area (Å²) in [6, 6.07) is 2.46. The molecule has 2 N–H and O–H groups in total. The summed E-state index contributed by atoms with van der Waals surface area (Å²) in [6.45, 7) is 4.38. The summed E-state index contributed by atoms with van der Waals surface area (Å²) < 4.78 is 41.0. The maximum Gasteiger partial charge on any atom is 0.246 e. The summed E-state index contributed by atoms with van der Waals surface area (Å²) in [6.07, 6.45) is 1.61. The predicted octanol–water partition coefficient (Wildman–Crippen LogP) is 2.98. The van der Waals surface area contributed by atoms with E-state index in [1.165, 1.54) is 16.4 Å². The van der Waals surface area contributed by atoms with Crippen LogP contribution in [0.5, 0.6) is 0 Å². The summed E-state index contributed by atoms with van der Waals surface area (Å²) in [5.74, 6) is -0.589. The topological polar surface area (TPSA) is 63.4 Å². The Morgan fingerprint density at radius 3 is 2.70 bits per heavy atom. The van der Waals surface area contributed by atoms with Gasteiger partial charge in [0.1, 0.15) is 4.90 Å². The molecule has 0 radical (unpaired) electrons. The molecule has 0 aliphatic carbocycles. The van der Waals surface area contributed by atoms with Crippen molar-refractivity contribution < 1.29 is 12.8 Å². The second-order valence-electron chi connectivity index (χ2n) is 5.38. The lowest BCUT2D eigenvalue weighted by molar-refractivity contribution is 0.314. The molecule has 1 aliphatic rings. The molecule has 1 atom stereocenters. The standard InChI is InChI=1S/C13H18BrFN2O2S/c1-8(2)11-4-3-5-17(11)20(18,19)12-7-9(16)6-10(14)13(12)15/h6-8,11H,3-5,16H2,1-2H3. The lowest BCUT2D eigenvalue weighted by Crippen LogP contribution is -2.38. The molecule has 0 bridgehead atoms. The maximum atomic E-state index is 14.2. The van der Waals surface area contributed by atoms with Crippen LogP contribution in [0.25, 0.3) is 0 Å². The van der Waals surface area contributed by atoms with E-state index in [1.54, 1.807) is 0 Å². The molecule has 1 aliphatic heterocycles. The van der Waals surface area contributed by atoms with Crippen molar-refractivity contribution in [2.45, 2.75) is 37.6 Å². The smallest absolute Gasteiger partial charge is 0.246 e. The Morgan fingerprint density at radius 1 is 1.45 bits per heavy atom. The molecule has 1 saturated heterocycles. The van der Waals surface area contributed by atoms with E-state index in [0.29, 0.717) is 6.54 Å². The van der Waals surface area contributed by atoms with Crippen LogP contribution in [0.1, 0.15) is 26.7 Å². The van der Waals surface area contributed by atoms with Gasteiger partial charge in [0.05, 0.1) is 4.47 Å². The average Bonchev–Trinajstić information content (AvgIpc) is 2.83. The fraction of sp³-hybridized carbons (Fsp3) is 0.538. The number of nitrogens with two attached hydrogens (primary N) is 1. The van der Waals surface area contributed by atoms with E-state index >= 15 is 0 Å². The van der Waals surface area contributed by atoms with E-state index < -0.39 is 15.8 Å². The molecule has 0 saturated carbocycles. The third-order valence-corrected chi connectivity index (χ3v) is 6.12. The SMILES string of the molecule is CC(C)C1CCCN1S(=O)(=O)c1cc(N)cc(Br)c1F. The molecule has 1 aromatic rings. The second-order valence-corrected chi connectivity index (χ2v) is 8.10. The largest absolute Gasteiger partial charge is 0.399 e. The third kappa shape index (κ3) is 2.71. The van der Waals surface area contributed by atoms with Gasteiger partial charge in [0.15, 0.2) is 5.82 Å². The number of anilines is 1. The number of nitrogens with zero attached hydrogens (tertiary/aromatic N) is 1. The Kier molecular flexibility index (Phi) is 4.41. The molecular weight excluding hydrogens is 347 g/mol. The molecule has 112 valence electrons. The number of sulfonamides is 1. The van der Waals surface area contributed by atoms with Gasteiger partial charge in [-0.15, -0.1) is 0 Å². The van der Waals surface area contributed by atoms with E-state index in [9.17, 15) is 12.8 Å². The fourth-order valence-corrected chi connectivity index (χ4v) is 5.19. The zero-order chi connectivity index (χ0) is 15.1. The lowest BCUT2D eigenvalue weighted by Gasteiger charge is -2.27. The van der Waals surface area contributed by atoms with Crippen molar-refractivity contribution in [1.82, 2.24) is 4.31 Å². The van der Waals surface area contributed by atoms with Gasteiger partial charge in [-0.3, -0.25) is 0 Å². The van der Waals surface area contributed by atoms with Gasteiger partial charge in [-0.1, -0.05) is 13.8 Å². The first-order valence-electron chi connectivity index (χ1n) is 6.51. The van der Waals surface area contributed by atoms with Crippen molar-refractivity contribution in [3.05, 3.63) is 22.4 Å². The van der Waals surface area contributed by atoms with Gasteiger partial charge in [0, 0.05) is 18.3 Å². The third-order valence-electron chi connectivity index (χ3n) is 3.62. The molecule has 7 heteroatoms. The van der Waals surface area contributed by atoms with Crippen LogP contribution in [-0.2, 0) is 10.0 Å². The first-order valence-corrected chi connectivity index (χ1v) is 8.75. The van der Waals surface area contributed by atoms with Crippen molar-refractivity contribution in [2.75, 3.05) is 12.3 Å². The van der Waals surface area contributed by atoms with Gasteiger partial charge < -0.3 is 5.73 Å². The highest BCUT2D eigenvalue weighted by Gasteiger charge is 2.38. The van der Waals surface area contributed by atoms with E-state index in [2.05, 4.69) is 15.9 Å². The predicted molar refractivity (Wildman–Crippen MR) is 80.3 cm³/mol. The molecule has 1 aromatic carbocycles. The summed E-state index contributed by atoms with van der Waals surface area (Å²) in [5, 5.41) is 0. The number of rotatable bonds is 3. The van der Waals surface area contributed by atoms with Crippen molar-refractivity contribution in [2.24, 2.45) is 5.92 Å². The number of hydrogen-bond acceptors (Lipinski definition) is 3. The highest BCUT2D eigenvalue weighted by molar-refractivity contribution is 9.10. The van der Waals surface area contributed by atoms with Gasteiger partial charge in [-0.25, -0.2) is 12.8 Å². The zero-order valence-electron chi connectivity index (χ0n) is 11.4. The van der Waals surface area contributed by atoms with E-state index in [0.717, 1.165) is 12.8 Å². The Balaban J connectivity index is 2.51. The van der Waals surface area contributed by atoms with Crippen LogP contribution in [0.3, 0.4) is 0 Å². The van der Waals surface area contributed by atoms with Crippen molar-refractivity contribution in [3.8, 4) is 0 Å². The number of nitrogen functional groups attached to an aromatic ring is 1. The normalized spacial score (nSPS) is 20.8. The minimum atomic E-state index is -3.86. The molecule has 0 spiro atoms. The molecule has 20 heavy (non-hydrogen) atoms. The number of benzene rings is 1. The highest BCUT2D eigenvalue weighted by Crippen LogP contribution is 2.33. The van der Waals surface area contributed by atoms with Gasteiger partial charge in [0.2, 0.25) is 10.0 Å². The average molecular weight is 365 g/mol. The lowest BCUT2D eigenvalue weighted by atomic mass is 10.0. The molecule has 1 heterocycles. The summed E-state index contributed by atoms with van der Waals surface area (Å²) in [7, 11) is -3.86. The molecule has 2 rings (SSSR count). The summed E-state index contributed by atoms with van der Waals surface area (Å²) in [5.41, 5.74) is 5.86. The van der Waals surface area contributed by atoms with Crippen molar-refractivity contribution >= 4 is 31.6 Å². The van der Waals surface area contributed by atoms with Crippen LogP contribution >= 0.6 is 15.9 Å². The Labute approximate surface area is 127 Å². The van der Waals surface area contributed by atoms with Crippen LogP contribution < -0.4 is 5.73 Å². The number of halogens is 2. The molecular formula is C13H18BrFN2O2S. The number of hydrogen-bond donors (Lipinski definition) is 1. The van der Waals surface area contributed by atoms with Gasteiger partial charge in [-0.2, -0.15) is 4.31 Å². The van der Waals surface area contributed by atoms with Crippen molar-refractivity contribution in [1.29, 1.82) is 0 Å². The fourth-order valence-electron chi connectivity index (χ4n) is 2.63. The van der Waals surface area contributed by atoms with Crippen molar-refractivity contribution in [3.63, 3.8) is 0 Å². The van der Waals surface area contributed by atoms with Crippen LogP contribution in [0.15, 0.2) is 21.5 Å². The minimum Gasteiger partial charge on any atom is -0.399 e. The van der Waals surface area contributed by atoms with E-state index in [-0.39, 0.29) is 27.0 Å². The first kappa shape index (κ1) is 15.7. The van der Waals surface area contributed by atoms with Gasteiger partial charge in [-0.05, 0) is 46.8 Å². The molecule has 0 aromatic heterocycles. The molecule has 1 fully saturated rings. The maximum absolute atomic E-state index is 14.2. The van der Waals surface area contributed by atoms with E-state index in [4.69, 9.17) is 5.73 Å². The second kappa shape index (κ2) is 5.61. The first-order chi connectivity index (χ1) is 9.25. The van der Waals surface area contributed by atoms with E-state index in [1.807, 2.05) is 13.8 Å². The Bertz CT molecular complexity index is 619. The quantitative estimate of drug-likeness (QED) is 0.838. The van der Waals surface area contributed by atoms with Gasteiger partial charge >= 0.3 is 0 Å². The summed E-state index contributed by atoms with van der Waals surface area (Å²) >= 11 is 3.00. The Hall–Kier alpha value is -0.660. The highest BCUT2D eigenvalue weighted by atomic mass is 79.9. The van der Waals surface area contributed by atoms with Gasteiger partial charge in [0.25, 0.3) is 0 Å². The monoisotopic (exact) mass is 364 g/mol. The minimum absolute atomic E-state index is 0.0661. The Morgan fingerprint density at radius 2 is 2.10 bits per heavy atom. The summed E-state index contributed by atoms with van der Waals surface area (Å²) in [4.78, 5) is -0.350. The zero-order valence-corrected chi connectivity index (χ0v) is 13.8. The van der Waals surface area contributed by atoms with Crippen LogP contribution in [0.2, 0.25) is 0 Å². The van der Waals surface area contributed by atoms with Crippen LogP contribution in [0, 0.1) is 11.7 Å². The van der Waals surface area contributed by atoms with Crippen LogP contribution in [0.4, 0.5) is 10.1 Å². The molecule has 4 nitrogen and oxygen atoms in total.